The van der Waals surface area contributed by atoms with Crippen LogP contribution in [0.1, 0.15) is 13.8 Å². The van der Waals surface area contributed by atoms with Crippen molar-refractivity contribution >= 4 is 11.0 Å². The Morgan fingerprint density at radius 2 is 1.94 bits per heavy atom. The summed E-state index contributed by atoms with van der Waals surface area (Å²) in [7, 11) is 1.61. The molecule has 0 bridgehead atoms. The summed E-state index contributed by atoms with van der Waals surface area (Å²) in [6, 6.07) is 5.74. The number of nitrogens with zero attached hydrogens (tertiary/aromatic N) is 3. The quantitative estimate of drug-likeness (QED) is 0.788. The highest BCUT2D eigenvalue weighted by Crippen LogP contribution is 2.18. The van der Waals surface area contributed by atoms with Crippen LogP contribution in [0.25, 0.3) is 11.0 Å². The van der Waals surface area contributed by atoms with Gasteiger partial charge in [-0.1, -0.05) is 5.10 Å². The summed E-state index contributed by atoms with van der Waals surface area (Å²) in [4.78, 5) is 4.24. The molecule has 0 aliphatic rings. The van der Waals surface area contributed by atoms with Gasteiger partial charge >= 0.3 is 6.01 Å². The molecular formula is C11H13N3O2. The monoisotopic (exact) mass is 219 g/mol. The van der Waals surface area contributed by atoms with E-state index >= 15 is 0 Å². The molecule has 0 amide bonds. The Morgan fingerprint density at radius 3 is 2.62 bits per heavy atom. The highest BCUT2D eigenvalue weighted by Gasteiger charge is 2.05. The summed E-state index contributed by atoms with van der Waals surface area (Å²) in [5.74, 6) is 0.737. The van der Waals surface area contributed by atoms with Crippen LogP contribution in [0.5, 0.6) is 11.8 Å². The Hall–Kier alpha value is -1.91. The predicted molar refractivity (Wildman–Crippen MR) is 59.6 cm³/mol. The van der Waals surface area contributed by atoms with E-state index in [1.165, 1.54) is 0 Å². The van der Waals surface area contributed by atoms with E-state index in [0.29, 0.717) is 11.5 Å². The molecule has 16 heavy (non-hydrogen) atoms. The maximum absolute atomic E-state index is 5.36. The molecule has 1 aromatic carbocycles. The lowest BCUT2D eigenvalue weighted by Crippen LogP contribution is -2.09. The van der Waals surface area contributed by atoms with E-state index in [1.807, 2.05) is 26.0 Å². The van der Waals surface area contributed by atoms with Crippen LogP contribution < -0.4 is 9.47 Å². The molecule has 5 heteroatoms. The first-order valence-corrected chi connectivity index (χ1v) is 5.04. The van der Waals surface area contributed by atoms with Crippen LogP contribution in [-0.2, 0) is 0 Å². The molecule has 5 nitrogen and oxygen atoms in total. The van der Waals surface area contributed by atoms with Gasteiger partial charge in [0.25, 0.3) is 0 Å². The molecule has 2 rings (SSSR count). The Bertz CT molecular complexity index is 500. The van der Waals surface area contributed by atoms with Gasteiger partial charge in [-0.2, -0.15) is 4.98 Å². The van der Waals surface area contributed by atoms with Crippen molar-refractivity contribution in [1.29, 1.82) is 0 Å². The van der Waals surface area contributed by atoms with Gasteiger partial charge in [0.2, 0.25) is 0 Å². The lowest BCUT2D eigenvalue weighted by molar-refractivity contribution is 0.220. The van der Waals surface area contributed by atoms with Gasteiger partial charge in [0, 0.05) is 6.07 Å². The lowest BCUT2D eigenvalue weighted by Gasteiger charge is -2.07. The molecule has 0 radical (unpaired) electrons. The van der Waals surface area contributed by atoms with Crippen molar-refractivity contribution < 1.29 is 9.47 Å². The van der Waals surface area contributed by atoms with Crippen LogP contribution in [-0.4, -0.2) is 28.4 Å². The normalized spacial score (nSPS) is 10.8. The van der Waals surface area contributed by atoms with E-state index in [9.17, 15) is 0 Å². The highest BCUT2D eigenvalue weighted by molar-refractivity contribution is 5.75. The summed E-state index contributed by atoms with van der Waals surface area (Å²) in [6.07, 6.45) is 0.0394. The molecule has 0 fully saturated rings. The van der Waals surface area contributed by atoms with Gasteiger partial charge in [-0.15, -0.1) is 5.10 Å². The smallest absolute Gasteiger partial charge is 0.336 e. The van der Waals surface area contributed by atoms with E-state index in [-0.39, 0.29) is 6.10 Å². The largest absolute Gasteiger partial charge is 0.497 e. The van der Waals surface area contributed by atoms with Gasteiger partial charge in [-0.25, -0.2) is 0 Å². The molecule has 2 aromatic rings. The summed E-state index contributed by atoms with van der Waals surface area (Å²) in [5.41, 5.74) is 1.43. The second-order valence-corrected chi connectivity index (χ2v) is 3.62. The Kier molecular flexibility index (Phi) is 2.85. The summed E-state index contributed by atoms with van der Waals surface area (Å²) >= 11 is 0. The molecule has 0 unspecified atom stereocenters. The first-order valence-electron chi connectivity index (χ1n) is 5.04. The Labute approximate surface area is 93.4 Å². The number of hydrogen-bond acceptors (Lipinski definition) is 5. The highest BCUT2D eigenvalue weighted by atomic mass is 16.5. The number of benzene rings is 1. The topological polar surface area (TPSA) is 57.1 Å². The lowest BCUT2D eigenvalue weighted by atomic mass is 10.3. The van der Waals surface area contributed by atoms with E-state index < -0.39 is 0 Å². The van der Waals surface area contributed by atoms with Crippen LogP contribution in [0, 0.1) is 0 Å². The molecule has 0 spiro atoms. The zero-order valence-electron chi connectivity index (χ0n) is 9.47. The maximum Gasteiger partial charge on any atom is 0.336 e. The van der Waals surface area contributed by atoms with Crippen molar-refractivity contribution in [3.8, 4) is 11.8 Å². The fourth-order valence-electron chi connectivity index (χ4n) is 1.29. The van der Waals surface area contributed by atoms with E-state index in [2.05, 4.69) is 15.2 Å². The molecule has 0 saturated heterocycles. The zero-order valence-corrected chi connectivity index (χ0v) is 9.47. The maximum atomic E-state index is 5.36. The minimum atomic E-state index is 0.0394. The van der Waals surface area contributed by atoms with Crippen molar-refractivity contribution in [2.75, 3.05) is 7.11 Å². The molecule has 0 N–H and O–H groups in total. The fraction of sp³-hybridized carbons (Fsp3) is 0.364. The van der Waals surface area contributed by atoms with E-state index in [0.717, 1.165) is 11.3 Å². The molecule has 84 valence electrons. The van der Waals surface area contributed by atoms with Crippen LogP contribution in [0.2, 0.25) is 0 Å². The first-order chi connectivity index (χ1) is 7.69. The standard InChI is InChI=1S/C11H13N3O2/c1-7(2)16-11-12-9-5-4-8(15-3)6-10(9)13-14-11/h4-7H,1-3H3. The van der Waals surface area contributed by atoms with E-state index in [4.69, 9.17) is 9.47 Å². The minimum Gasteiger partial charge on any atom is -0.497 e. The number of rotatable bonds is 3. The molecule has 0 atom stereocenters. The van der Waals surface area contributed by atoms with Crippen molar-refractivity contribution in [3.63, 3.8) is 0 Å². The van der Waals surface area contributed by atoms with Crippen molar-refractivity contribution in [3.05, 3.63) is 18.2 Å². The molecule has 0 aliphatic carbocycles. The molecule has 1 aromatic heterocycles. The fourth-order valence-corrected chi connectivity index (χ4v) is 1.29. The van der Waals surface area contributed by atoms with Crippen LogP contribution in [0.3, 0.4) is 0 Å². The third-order valence-electron chi connectivity index (χ3n) is 1.98. The van der Waals surface area contributed by atoms with Crippen LogP contribution in [0.15, 0.2) is 18.2 Å². The third-order valence-corrected chi connectivity index (χ3v) is 1.98. The third kappa shape index (κ3) is 2.18. The first kappa shape index (κ1) is 10.6. The summed E-state index contributed by atoms with van der Waals surface area (Å²) in [5, 5.41) is 7.91. The predicted octanol–water partition coefficient (Wildman–Crippen LogP) is 1.82. The Balaban J connectivity index is 2.39. The average molecular weight is 219 g/mol. The van der Waals surface area contributed by atoms with Crippen molar-refractivity contribution in [1.82, 2.24) is 15.2 Å². The number of fused-ring (bicyclic) bond motifs is 1. The van der Waals surface area contributed by atoms with Gasteiger partial charge < -0.3 is 9.47 Å². The molecule has 0 saturated carbocycles. The Morgan fingerprint density at radius 1 is 1.12 bits per heavy atom. The van der Waals surface area contributed by atoms with Gasteiger partial charge in [0.15, 0.2) is 0 Å². The van der Waals surface area contributed by atoms with Gasteiger partial charge in [0.1, 0.15) is 11.3 Å². The number of aromatic nitrogens is 3. The summed E-state index contributed by atoms with van der Waals surface area (Å²) < 4.78 is 10.5. The molecule has 0 aliphatic heterocycles. The van der Waals surface area contributed by atoms with Gasteiger partial charge in [0.05, 0.1) is 18.7 Å². The van der Waals surface area contributed by atoms with E-state index in [1.54, 1.807) is 13.2 Å². The van der Waals surface area contributed by atoms with Gasteiger partial charge in [-0.05, 0) is 26.0 Å². The summed E-state index contributed by atoms with van der Waals surface area (Å²) in [6.45, 7) is 3.84. The number of methoxy groups -OCH3 is 1. The number of ether oxygens (including phenoxy) is 2. The van der Waals surface area contributed by atoms with Crippen LogP contribution >= 0.6 is 0 Å². The van der Waals surface area contributed by atoms with Crippen molar-refractivity contribution in [2.45, 2.75) is 20.0 Å². The van der Waals surface area contributed by atoms with Gasteiger partial charge in [-0.3, -0.25) is 0 Å². The second-order valence-electron chi connectivity index (χ2n) is 3.62. The van der Waals surface area contributed by atoms with Crippen LogP contribution in [0.4, 0.5) is 0 Å². The average Bonchev–Trinajstić information content (AvgIpc) is 2.27. The SMILES string of the molecule is COc1ccc2nc(OC(C)C)nnc2c1. The zero-order chi connectivity index (χ0) is 11.5. The number of hydrogen-bond donors (Lipinski definition) is 0. The van der Waals surface area contributed by atoms with Crippen molar-refractivity contribution in [2.24, 2.45) is 0 Å². The molecule has 1 heterocycles. The second kappa shape index (κ2) is 4.30. The molecular weight excluding hydrogens is 206 g/mol. The minimum absolute atomic E-state index is 0.0394.